The molecule has 2 aromatic carbocycles. The van der Waals surface area contributed by atoms with Gasteiger partial charge in [-0.2, -0.15) is 0 Å². The van der Waals surface area contributed by atoms with Crippen molar-refractivity contribution in [3.05, 3.63) is 97.6 Å². The van der Waals surface area contributed by atoms with Gasteiger partial charge in [-0.25, -0.2) is 4.39 Å². The third-order valence-corrected chi connectivity index (χ3v) is 2.37. The van der Waals surface area contributed by atoms with Gasteiger partial charge in [-0.3, -0.25) is 4.79 Å². The van der Waals surface area contributed by atoms with Gasteiger partial charge in [-0.05, 0) is 23.8 Å². The SMILES string of the molecule is O=C(/C=C/c1ccccc1)c1ccccc1F.[C-]#[O+].[C-]#[O+].[C-]#[O+].[Cr]. The molecule has 24 heavy (non-hydrogen) atoms. The molecular weight excluding hydrogens is 351 g/mol. The number of halogens is 1. The van der Waals surface area contributed by atoms with Crippen LogP contribution in [0.1, 0.15) is 15.9 Å². The van der Waals surface area contributed by atoms with Crippen LogP contribution in [0.2, 0.25) is 0 Å². The maximum atomic E-state index is 13.3. The minimum Gasteiger partial charge on any atom is 0 e. The van der Waals surface area contributed by atoms with Gasteiger partial charge in [-0.15, -0.1) is 0 Å². The van der Waals surface area contributed by atoms with Gasteiger partial charge in [-0.1, -0.05) is 48.5 Å². The number of carbonyl (C=O) groups excluding carboxylic acids is 1. The second kappa shape index (κ2) is 18.6. The molecule has 2 rings (SSSR count). The zero-order valence-electron chi connectivity index (χ0n) is 12.3. The number of benzene rings is 2. The van der Waals surface area contributed by atoms with E-state index in [4.69, 9.17) is 14.0 Å². The van der Waals surface area contributed by atoms with Gasteiger partial charge in [0.1, 0.15) is 5.82 Å². The molecule has 0 aliphatic heterocycles. The first-order valence-corrected chi connectivity index (χ1v) is 5.90. The van der Waals surface area contributed by atoms with Crippen LogP contribution in [-0.4, -0.2) is 5.78 Å². The zero-order chi connectivity index (χ0) is 18.1. The topological polar surface area (TPSA) is 76.8 Å². The Labute approximate surface area is 150 Å². The predicted octanol–water partition coefficient (Wildman–Crippen LogP) is 3.61. The van der Waals surface area contributed by atoms with Crippen molar-refractivity contribution in [1.29, 1.82) is 0 Å². The molecule has 0 fully saturated rings. The van der Waals surface area contributed by atoms with E-state index in [1.54, 1.807) is 18.2 Å². The normalized spacial score (nSPS) is 7.79. The minimum absolute atomic E-state index is 0. The van der Waals surface area contributed by atoms with E-state index in [9.17, 15) is 9.18 Å². The van der Waals surface area contributed by atoms with Gasteiger partial charge in [0.25, 0.3) is 0 Å². The molecule has 0 aromatic heterocycles. The van der Waals surface area contributed by atoms with E-state index in [1.165, 1.54) is 18.2 Å². The molecule has 0 amide bonds. The van der Waals surface area contributed by atoms with E-state index in [0.29, 0.717) is 0 Å². The van der Waals surface area contributed by atoms with Gasteiger partial charge in [0.15, 0.2) is 5.78 Å². The van der Waals surface area contributed by atoms with Crippen LogP contribution in [-0.2, 0) is 31.3 Å². The number of hydrogen-bond acceptors (Lipinski definition) is 1. The molecule has 0 saturated heterocycles. The van der Waals surface area contributed by atoms with Crippen LogP contribution >= 0.6 is 0 Å². The number of ketones is 1. The van der Waals surface area contributed by atoms with Crippen molar-refractivity contribution in [3.63, 3.8) is 0 Å². The summed E-state index contributed by atoms with van der Waals surface area (Å²) in [7, 11) is 0. The van der Waals surface area contributed by atoms with Crippen LogP contribution < -0.4 is 0 Å². The Kier molecular flexibility index (Phi) is 20.5. The molecule has 0 spiro atoms. The molecule has 0 radical (unpaired) electrons. The Balaban J connectivity index is -0.000000569. The maximum Gasteiger partial charge on any atom is 0 e. The largest absolute Gasteiger partial charge is 0 e. The van der Waals surface area contributed by atoms with E-state index >= 15 is 0 Å². The van der Waals surface area contributed by atoms with Crippen molar-refractivity contribution in [1.82, 2.24) is 0 Å². The van der Waals surface area contributed by atoms with E-state index in [0.717, 1.165) is 5.56 Å². The molecular formula is C18H11CrFO4. The van der Waals surface area contributed by atoms with E-state index in [2.05, 4.69) is 20.0 Å². The van der Waals surface area contributed by atoms with Crippen molar-refractivity contribution in [3.8, 4) is 0 Å². The second-order valence-corrected chi connectivity index (χ2v) is 3.59. The van der Waals surface area contributed by atoms with Crippen LogP contribution in [0.5, 0.6) is 0 Å². The van der Waals surface area contributed by atoms with Crippen molar-refractivity contribution in [2.24, 2.45) is 0 Å². The molecule has 0 saturated carbocycles. The Hall–Kier alpha value is -2.47. The summed E-state index contributed by atoms with van der Waals surface area (Å²) in [6, 6.07) is 15.4. The van der Waals surface area contributed by atoms with Crippen LogP contribution in [0.15, 0.2) is 60.7 Å². The van der Waals surface area contributed by atoms with E-state index in [-0.39, 0.29) is 28.7 Å². The molecule has 0 aliphatic rings. The Bertz CT molecular complexity index is 662. The number of allylic oxidation sites excluding steroid dienone is 1. The fraction of sp³-hybridized carbons (Fsp3) is 0. The summed E-state index contributed by atoms with van der Waals surface area (Å²) in [5.41, 5.74) is 1.01. The van der Waals surface area contributed by atoms with Crippen LogP contribution in [0.25, 0.3) is 6.08 Å². The molecule has 0 unspecified atom stereocenters. The van der Waals surface area contributed by atoms with Gasteiger partial charge < -0.3 is 0 Å². The average Bonchev–Trinajstić information content (AvgIpc) is 2.66. The molecule has 0 N–H and O–H groups in total. The third-order valence-electron chi connectivity index (χ3n) is 2.37. The van der Waals surface area contributed by atoms with Crippen molar-refractivity contribution in [2.45, 2.75) is 0 Å². The van der Waals surface area contributed by atoms with E-state index < -0.39 is 5.82 Å². The van der Waals surface area contributed by atoms with Gasteiger partial charge >= 0.3 is 33.9 Å². The molecule has 120 valence electrons. The molecule has 6 heteroatoms. The fourth-order valence-electron chi connectivity index (χ4n) is 1.49. The molecule has 0 aliphatic carbocycles. The first kappa shape index (κ1) is 26.4. The quantitative estimate of drug-likeness (QED) is 0.356. The summed E-state index contributed by atoms with van der Waals surface area (Å²) in [5, 5.41) is 0. The third kappa shape index (κ3) is 10.3. The Morgan fingerprint density at radius 3 is 1.79 bits per heavy atom. The number of hydrogen-bond donors (Lipinski definition) is 0. The summed E-state index contributed by atoms with van der Waals surface area (Å²) in [4.78, 5) is 11.7. The van der Waals surface area contributed by atoms with Gasteiger partial charge in [0.05, 0.1) is 5.56 Å². The monoisotopic (exact) mass is 362 g/mol. The first-order valence-electron chi connectivity index (χ1n) is 5.90. The summed E-state index contributed by atoms with van der Waals surface area (Å²) in [6.45, 7) is 13.5. The molecule has 0 heterocycles. The average molecular weight is 362 g/mol. The molecule has 4 nitrogen and oxygen atoms in total. The summed E-state index contributed by atoms with van der Waals surface area (Å²) in [6.07, 6.45) is 3.06. The summed E-state index contributed by atoms with van der Waals surface area (Å²) < 4.78 is 35.8. The van der Waals surface area contributed by atoms with Crippen molar-refractivity contribution < 1.29 is 40.5 Å². The number of rotatable bonds is 3. The van der Waals surface area contributed by atoms with Crippen LogP contribution in [0.4, 0.5) is 4.39 Å². The van der Waals surface area contributed by atoms with Crippen LogP contribution in [0.3, 0.4) is 0 Å². The Morgan fingerprint density at radius 2 is 1.29 bits per heavy atom. The predicted molar refractivity (Wildman–Crippen MR) is 78.0 cm³/mol. The van der Waals surface area contributed by atoms with Gasteiger partial charge in [0, 0.05) is 17.4 Å². The standard InChI is InChI=1S/C15H11FO.3CO.Cr/c16-14-9-5-4-8-13(14)15(17)11-10-12-6-2-1-3-7-12;3*1-2;/h1-11H;;;;/b11-10+;;;;. The Morgan fingerprint density at radius 1 is 0.833 bits per heavy atom. The van der Waals surface area contributed by atoms with Crippen molar-refractivity contribution in [2.75, 3.05) is 0 Å². The number of carbonyl (C=O) groups is 1. The summed E-state index contributed by atoms with van der Waals surface area (Å²) >= 11 is 0. The smallest absolute Gasteiger partial charge is 0 e. The van der Waals surface area contributed by atoms with Crippen LogP contribution in [0, 0.1) is 25.8 Å². The van der Waals surface area contributed by atoms with Gasteiger partial charge in [0.2, 0.25) is 0 Å². The fourth-order valence-corrected chi connectivity index (χ4v) is 1.49. The van der Waals surface area contributed by atoms with E-state index in [1.807, 2.05) is 30.3 Å². The second-order valence-electron chi connectivity index (χ2n) is 3.59. The molecule has 0 atom stereocenters. The minimum atomic E-state index is -0.491. The zero-order valence-corrected chi connectivity index (χ0v) is 13.5. The molecule has 2 aromatic rings. The summed E-state index contributed by atoms with van der Waals surface area (Å²) in [5.74, 6) is -0.817. The first-order chi connectivity index (χ1) is 11.3. The maximum absolute atomic E-state index is 13.3. The van der Waals surface area contributed by atoms with Crippen molar-refractivity contribution >= 4 is 11.9 Å². The molecule has 0 bridgehead atoms.